The monoisotopic (exact) mass is 467 g/mol. The van der Waals surface area contributed by atoms with Gasteiger partial charge in [-0.1, -0.05) is 72.3 Å². The second-order valence-corrected chi connectivity index (χ2v) is 8.33. The predicted octanol–water partition coefficient (Wildman–Crippen LogP) is 6.57. The Morgan fingerprint density at radius 1 is 0.853 bits per heavy atom. The topological polar surface area (TPSA) is 56.2 Å². The summed E-state index contributed by atoms with van der Waals surface area (Å²) in [5.74, 6) is 0.960. The molecule has 0 radical (unpaired) electrons. The van der Waals surface area contributed by atoms with E-state index < -0.39 is 0 Å². The van der Waals surface area contributed by atoms with Gasteiger partial charge in [-0.3, -0.25) is 10.1 Å². The Hall–Kier alpha value is -4.09. The van der Waals surface area contributed by atoms with Crippen molar-refractivity contribution in [1.29, 1.82) is 0 Å². The first kappa shape index (κ1) is 21.7. The van der Waals surface area contributed by atoms with Crippen LogP contribution in [0.3, 0.4) is 0 Å². The van der Waals surface area contributed by atoms with Crippen LogP contribution in [0.15, 0.2) is 103 Å². The van der Waals surface area contributed by atoms with E-state index >= 15 is 0 Å². The maximum Gasteiger partial charge on any atom is 0.257 e. The highest BCUT2D eigenvalue weighted by Crippen LogP contribution is 2.22. The number of aromatic nitrogens is 2. The maximum atomic E-state index is 13.1. The molecular formula is C28H22ClN3O2. The summed E-state index contributed by atoms with van der Waals surface area (Å²) >= 11 is 6.02. The number of nitrogens with zero attached hydrogens (tertiary/aromatic N) is 2. The van der Waals surface area contributed by atoms with Gasteiger partial charge in [0.05, 0.1) is 17.6 Å². The van der Waals surface area contributed by atoms with Crippen LogP contribution < -0.4 is 10.1 Å². The van der Waals surface area contributed by atoms with Crippen molar-refractivity contribution in [2.45, 2.75) is 13.2 Å². The van der Waals surface area contributed by atoms with Gasteiger partial charge in [-0.05, 0) is 53.6 Å². The molecule has 1 amide bonds. The Morgan fingerprint density at radius 3 is 2.47 bits per heavy atom. The summed E-state index contributed by atoms with van der Waals surface area (Å²) in [6.45, 7) is 0.929. The van der Waals surface area contributed by atoms with Crippen molar-refractivity contribution in [1.82, 2.24) is 9.55 Å². The molecule has 0 aliphatic carbocycles. The molecule has 0 atom stereocenters. The third-order valence-electron chi connectivity index (χ3n) is 5.45. The number of rotatable bonds is 7. The van der Waals surface area contributed by atoms with E-state index in [1.54, 1.807) is 18.2 Å². The minimum absolute atomic E-state index is 0.228. The zero-order chi connectivity index (χ0) is 23.3. The number of carbonyl (C=O) groups excluding carboxylic acids is 1. The molecule has 0 bridgehead atoms. The standard InChI is InChI=1S/C28H22ClN3O2/c29-23-12-7-13-24(17-23)34-19-21-10-6-11-22(16-21)27(33)31-28-30-25-14-4-5-15-26(25)32(28)18-20-8-2-1-3-9-20/h1-17H,18-19H2,(H,30,31,33). The molecule has 1 aromatic heterocycles. The zero-order valence-electron chi connectivity index (χ0n) is 18.3. The molecule has 34 heavy (non-hydrogen) atoms. The van der Waals surface area contributed by atoms with Gasteiger partial charge < -0.3 is 9.30 Å². The number of carbonyl (C=O) groups is 1. The zero-order valence-corrected chi connectivity index (χ0v) is 19.1. The van der Waals surface area contributed by atoms with Gasteiger partial charge in [0.1, 0.15) is 12.4 Å². The summed E-state index contributed by atoms with van der Waals surface area (Å²) < 4.78 is 7.84. The molecule has 0 aliphatic heterocycles. The van der Waals surface area contributed by atoms with Crippen molar-refractivity contribution in [3.05, 3.63) is 125 Å². The van der Waals surface area contributed by atoms with Crippen molar-refractivity contribution < 1.29 is 9.53 Å². The predicted molar refractivity (Wildman–Crippen MR) is 135 cm³/mol. The highest BCUT2D eigenvalue weighted by Gasteiger charge is 2.15. The summed E-state index contributed by atoms with van der Waals surface area (Å²) in [6.07, 6.45) is 0. The number of hydrogen-bond donors (Lipinski definition) is 1. The molecule has 0 saturated carbocycles. The third kappa shape index (κ3) is 4.95. The quantitative estimate of drug-likeness (QED) is 0.294. The van der Waals surface area contributed by atoms with Gasteiger partial charge in [0.25, 0.3) is 5.91 Å². The molecular weight excluding hydrogens is 446 g/mol. The number of ether oxygens (including phenoxy) is 1. The number of anilines is 1. The fourth-order valence-corrected chi connectivity index (χ4v) is 3.98. The van der Waals surface area contributed by atoms with Crippen molar-refractivity contribution in [3.8, 4) is 5.75 Å². The minimum Gasteiger partial charge on any atom is -0.489 e. The van der Waals surface area contributed by atoms with Crippen LogP contribution in [-0.2, 0) is 13.2 Å². The molecule has 5 rings (SSSR count). The first-order chi connectivity index (χ1) is 16.7. The molecule has 6 heteroatoms. The number of fused-ring (bicyclic) bond motifs is 1. The minimum atomic E-state index is -0.228. The average Bonchev–Trinajstić information content (AvgIpc) is 3.20. The Balaban J connectivity index is 1.36. The molecule has 0 spiro atoms. The van der Waals surface area contributed by atoms with Crippen LogP contribution in [0, 0.1) is 0 Å². The van der Waals surface area contributed by atoms with E-state index in [0.29, 0.717) is 35.4 Å². The van der Waals surface area contributed by atoms with Gasteiger partial charge in [-0.2, -0.15) is 0 Å². The number of amides is 1. The fourth-order valence-electron chi connectivity index (χ4n) is 3.80. The van der Waals surface area contributed by atoms with E-state index in [0.717, 1.165) is 22.2 Å². The Labute approximate surface area is 202 Å². The van der Waals surface area contributed by atoms with Crippen LogP contribution in [0.5, 0.6) is 5.75 Å². The summed E-state index contributed by atoms with van der Waals surface area (Å²) in [7, 11) is 0. The summed E-state index contributed by atoms with van der Waals surface area (Å²) in [5.41, 5.74) is 4.33. The molecule has 0 saturated heterocycles. The van der Waals surface area contributed by atoms with E-state index in [1.807, 2.05) is 77.4 Å². The highest BCUT2D eigenvalue weighted by atomic mass is 35.5. The van der Waals surface area contributed by atoms with Gasteiger partial charge in [0, 0.05) is 10.6 Å². The summed E-state index contributed by atoms with van der Waals surface area (Å²) in [5, 5.41) is 3.61. The normalized spacial score (nSPS) is 10.9. The summed E-state index contributed by atoms with van der Waals surface area (Å²) in [4.78, 5) is 17.8. The van der Waals surface area contributed by atoms with Crippen LogP contribution in [0.4, 0.5) is 5.95 Å². The van der Waals surface area contributed by atoms with Crippen LogP contribution >= 0.6 is 11.6 Å². The second kappa shape index (κ2) is 9.81. The number of halogens is 1. The first-order valence-electron chi connectivity index (χ1n) is 10.9. The molecule has 0 unspecified atom stereocenters. The molecule has 1 N–H and O–H groups in total. The summed E-state index contributed by atoms with van der Waals surface area (Å²) in [6, 6.07) is 32.6. The molecule has 0 fully saturated rings. The lowest BCUT2D eigenvalue weighted by atomic mass is 10.1. The molecule has 5 aromatic rings. The van der Waals surface area contributed by atoms with Crippen molar-refractivity contribution in [2.75, 3.05) is 5.32 Å². The number of nitrogens with one attached hydrogen (secondary N) is 1. The van der Waals surface area contributed by atoms with Crippen LogP contribution in [0.2, 0.25) is 5.02 Å². The lowest BCUT2D eigenvalue weighted by molar-refractivity contribution is 0.102. The SMILES string of the molecule is O=C(Nc1nc2ccccc2n1Cc1ccccc1)c1cccc(COc2cccc(Cl)c2)c1. The van der Waals surface area contributed by atoms with Crippen LogP contribution in [0.1, 0.15) is 21.5 Å². The van der Waals surface area contributed by atoms with Crippen molar-refractivity contribution in [3.63, 3.8) is 0 Å². The lowest BCUT2D eigenvalue weighted by Crippen LogP contribution is -2.16. The van der Waals surface area contributed by atoms with E-state index in [2.05, 4.69) is 22.4 Å². The molecule has 0 aliphatic rings. The molecule has 4 aromatic carbocycles. The van der Waals surface area contributed by atoms with Crippen molar-refractivity contribution in [2.24, 2.45) is 0 Å². The smallest absolute Gasteiger partial charge is 0.257 e. The molecule has 168 valence electrons. The number of para-hydroxylation sites is 2. The van der Waals surface area contributed by atoms with Crippen LogP contribution in [0.25, 0.3) is 11.0 Å². The first-order valence-corrected chi connectivity index (χ1v) is 11.3. The Bertz CT molecular complexity index is 1450. The molecule has 5 nitrogen and oxygen atoms in total. The number of benzene rings is 4. The van der Waals surface area contributed by atoms with Crippen molar-refractivity contribution >= 4 is 34.5 Å². The fraction of sp³-hybridized carbons (Fsp3) is 0.0714. The lowest BCUT2D eigenvalue weighted by Gasteiger charge is -2.11. The van der Waals surface area contributed by atoms with Gasteiger partial charge in [0.15, 0.2) is 0 Å². The van der Waals surface area contributed by atoms with Gasteiger partial charge in [-0.25, -0.2) is 4.98 Å². The molecule has 1 heterocycles. The Kier molecular flexibility index (Phi) is 6.27. The van der Waals surface area contributed by atoms with Crippen LogP contribution in [-0.4, -0.2) is 15.5 Å². The Morgan fingerprint density at radius 2 is 1.62 bits per heavy atom. The largest absolute Gasteiger partial charge is 0.489 e. The third-order valence-corrected chi connectivity index (χ3v) is 5.69. The van der Waals surface area contributed by atoms with E-state index in [4.69, 9.17) is 16.3 Å². The van der Waals surface area contributed by atoms with Gasteiger partial charge in [0.2, 0.25) is 5.95 Å². The maximum absolute atomic E-state index is 13.1. The number of hydrogen-bond acceptors (Lipinski definition) is 3. The highest BCUT2D eigenvalue weighted by molar-refractivity contribution is 6.30. The average molecular weight is 468 g/mol. The van der Waals surface area contributed by atoms with E-state index in [9.17, 15) is 4.79 Å². The van der Waals surface area contributed by atoms with E-state index in [-0.39, 0.29) is 5.91 Å². The number of imidazole rings is 1. The van der Waals surface area contributed by atoms with Gasteiger partial charge in [-0.15, -0.1) is 0 Å². The van der Waals surface area contributed by atoms with E-state index in [1.165, 1.54) is 0 Å². The van der Waals surface area contributed by atoms with Gasteiger partial charge >= 0.3 is 0 Å². The second-order valence-electron chi connectivity index (χ2n) is 7.90.